The lowest BCUT2D eigenvalue weighted by Gasteiger charge is -2.28. The number of alkyl halides is 3. The van der Waals surface area contributed by atoms with Gasteiger partial charge in [-0.15, -0.1) is 11.3 Å². The number of fused-ring (bicyclic) bond motifs is 1. The highest BCUT2D eigenvalue weighted by Crippen LogP contribution is 2.42. The van der Waals surface area contributed by atoms with Gasteiger partial charge in [0.25, 0.3) is 10.0 Å². The van der Waals surface area contributed by atoms with Gasteiger partial charge in [0.2, 0.25) is 0 Å². The summed E-state index contributed by atoms with van der Waals surface area (Å²) in [6, 6.07) is 9.40. The van der Waals surface area contributed by atoms with E-state index in [9.17, 15) is 21.6 Å². The van der Waals surface area contributed by atoms with Crippen molar-refractivity contribution in [3.63, 3.8) is 0 Å². The Morgan fingerprint density at radius 3 is 2.76 bits per heavy atom. The Morgan fingerprint density at radius 1 is 1.19 bits per heavy atom. The maximum atomic E-state index is 13.5. The summed E-state index contributed by atoms with van der Waals surface area (Å²) in [6.45, 7) is 2.54. The minimum absolute atomic E-state index is 0.0100. The molecule has 0 saturated carbocycles. The molecule has 0 aliphatic carbocycles. The molecule has 0 saturated heterocycles. The van der Waals surface area contributed by atoms with Crippen LogP contribution in [0.3, 0.4) is 0 Å². The van der Waals surface area contributed by atoms with Crippen LogP contribution in [0.1, 0.15) is 30.6 Å². The summed E-state index contributed by atoms with van der Waals surface area (Å²) >= 11 is 1.15. The first-order valence-electron chi connectivity index (χ1n) is 11.2. The van der Waals surface area contributed by atoms with Gasteiger partial charge in [0, 0.05) is 47.9 Å². The number of aryl methyl sites for hydroxylation is 1. The lowest BCUT2D eigenvalue weighted by Crippen LogP contribution is -2.20. The predicted molar refractivity (Wildman–Crippen MR) is 131 cm³/mol. The molecule has 1 aliphatic heterocycles. The smallest absolute Gasteiger partial charge is 0.416 e. The van der Waals surface area contributed by atoms with Gasteiger partial charge in [-0.2, -0.15) is 18.3 Å². The van der Waals surface area contributed by atoms with Crippen molar-refractivity contribution in [2.45, 2.75) is 37.1 Å². The highest BCUT2D eigenvalue weighted by Gasteiger charge is 2.33. The van der Waals surface area contributed by atoms with Gasteiger partial charge in [0.15, 0.2) is 5.13 Å². The normalized spacial score (nSPS) is 15.6. The Kier molecular flexibility index (Phi) is 6.58. The van der Waals surface area contributed by atoms with Crippen LogP contribution in [0.25, 0.3) is 11.3 Å². The third kappa shape index (κ3) is 5.14. The number of sulfonamides is 1. The average molecular weight is 551 g/mol. The van der Waals surface area contributed by atoms with Gasteiger partial charge in [0.1, 0.15) is 17.6 Å². The van der Waals surface area contributed by atoms with Gasteiger partial charge in [-0.25, -0.2) is 13.4 Å². The van der Waals surface area contributed by atoms with Crippen molar-refractivity contribution in [2.24, 2.45) is 0 Å². The van der Waals surface area contributed by atoms with Crippen molar-refractivity contribution in [1.82, 2.24) is 14.8 Å². The fraction of sp³-hybridized carbons (Fsp3) is 0.250. The van der Waals surface area contributed by atoms with Crippen LogP contribution in [0.4, 0.5) is 18.3 Å². The molecule has 13 heteroatoms. The Hall–Kier alpha value is -3.58. The van der Waals surface area contributed by atoms with Crippen LogP contribution in [0, 0.1) is 0 Å². The third-order valence-corrected chi connectivity index (χ3v) is 7.96. The molecule has 3 heterocycles. The van der Waals surface area contributed by atoms with Gasteiger partial charge in [-0.05, 0) is 37.3 Å². The highest BCUT2D eigenvalue weighted by molar-refractivity contribution is 7.93. The number of halogens is 3. The molecule has 0 unspecified atom stereocenters. The number of nitrogens with zero attached hydrogens (tertiary/aromatic N) is 3. The summed E-state index contributed by atoms with van der Waals surface area (Å²) in [5, 5.41) is 6.07. The molecule has 4 aromatic rings. The number of nitrogens with one attached hydrogen (secondary N) is 1. The van der Waals surface area contributed by atoms with Gasteiger partial charge < -0.3 is 9.47 Å². The summed E-state index contributed by atoms with van der Waals surface area (Å²) in [5.41, 5.74) is 0.544. The molecule has 1 aliphatic rings. The van der Waals surface area contributed by atoms with Gasteiger partial charge in [0.05, 0.1) is 22.8 Å². The molecule has 0 bridgehead atoms. The molecule has 0 fully saturated rings. The number of hydrogen-bond acceptors (Lipinski definition) is 7. The Bertz CT molecular complexity index is 1520. The summed E-state index contributed by atoms with van der Waals surface area (Å²) in [5.74, 6) is 0.577. The molecular weight excluding hydrogens is 529 g/mol. The van der Waals surface area contributed by atoms with Crippen LogP contribution in [0.15, 0.2) is 65.1 Å². The van der Waals surface area contributed by atoms with Gasteiger partial charge >= 0.3 is 6.18 Å². The second-order valence-corrected chi connectivity index (χ2v) is 10.7. The van der Waals surface area contributed by atoms with E-state index >= 15 is 0 Å². The summed E-state index contributed by atoms with van der Waals surface area (Å²) < 4.78 is 82.0. The van der Waals surface area contributed by atoms with Crippen molar-refractivity contribution in [3.8, 4) is 22.8 Å². The third-order valence-electron chi connectivity index (χ3n) is 5.80. The molecule has 2 aromatic carbocycles. The SMILES string of the molecule is CCn1nccc1-c1cc(C(F)(F)F)ccc1O[C@@H]1CCOc2cc(S(=O)(=O)Nc3nccs3)ccc21. The fourth-order valence-corrected chi connectivity index (χ4v) is 5.85. The summed E-state index contributed by atoms with van der Waals surface area (Å²) in [6.07, 6.45) is -1.66. The lowest BCUT2D eigenvalue weighted by atomic mass is 10.0. The molecular formula is C24H21F3N4O4S2. The van der Waals surface area contributed by atoms with E-state index in [-0.39, 0.29) is 27.9 Å². The monoisotopic (exact) mass is 550 g/mol. The first-order chi connectivity index (χ1) is 17.7. The fourth-order valence-electron chi connectivity index (χ4n) is 4.05. The molecule has 2 aromatic heterocycles. The number of aromatic nitrogens is 3. The number of benzene rings is 2. The molecule has 5 rings (SSSR count). The average Bonchev–Trinajstić information content (AvgIpc) is 3.55. The summed E-state index contributed by atoms with van der Waals surface area (Å²) in [4.78, 5) is 3.93. The van der Waals surface area contributed by atoms with Crippen molar-refractivity contribution in [2.75, 3.05) is 11.3 Å². The van der Waals surface area contributed by atoms with Gasteiger partial charge in [-0.3, -0.25) is 9.40 Å². The zero-order valence-corrected chi connectivity index (χ0v) is 21.0. The molecule has 0 spiro atoms. The Balaban J connectivity index is 1.48. The summed E-state index contributed by atoms with van der Waals surface area (Å²) in [7, 11) is -3.90. The molecule has 1 N–H and O–H groups in total. The second kappa shape index (κ2) is 9.71. The standard InChI is InChI=1S/C24H21F3N4O4S2/c1-2-31-19(7-9-29-31)18-13-15(24(25,26)27)3-6-20(18)35-21-8-11-34-22-14-16(4-5-17(21)22)37(32,33)30-23-28-10-12-36-23/h3-7,9-10,12-14,21H,2,8,11H2,1H3,(H,28,30)/t21-/m1/s1. The lowest BCUT2D eigenvalue weighted by molar-refractivity contribution is -0.137. The van der Waals surface area contributed by atoms with Crippen molar-refractivity contribution >= 4 is 26.5 Å². The Morgan fingerprint density at radius 2 is 2.03 bits per heavy atom. The van der Waals surface area contributed by atoms with Crippen LogP contribution < -0.4 is 14.2 Å². The van der Waals surface area contributed by atoms with E-state index < -0.39 is 27.9 Å². The maximum Gasteiger partial charge on any atom is 0.416 e. The predicted octanol–water partition coefficient (Wildman–Crippen LogP) is 5.75. The van der Waals surface area contributed by atoms with Crippen LogP contribution in [-0.4, -0.2) is 29.8 Å². The zero-order valence-electron chi connectivity index (χ0n) is 19.4. The minimum atomic E-state index is -4.52. The number of rotatable bonds is 7. The van der Waals surface area contributed by atoms with Crippen LogP contribution in [0.2, 0.25) is 0 Å². The van der Waals surface area contributed by atoms with E-state index in [2.05, 4.69) is 14.8 Å². The van der Waals surface area contributed by atoms with Gasteiger partial charge in [-0.1, -0.05) is 6.07 Å². The van der Waals surface area contributed by atoms with E-state index in [0.29, 0.717) is 30.0 Å². The van der Waals surface area contributed by atoms with Crippen molar-refractivity contribution in [3.05, 3.63) is 71.4 Å². The molecule has 8 nitrogen and oxygen atoms in total. The van der Waals surface area contributed by atoms with Crippen LogP contribution in [-0.2, 0) is 22.7 Å². The number of hydrogen-bond donors (Lipinski definition) is 1. The molecule has 194 valence electrons. The minimum Gasteiger partial charge on any atom is -0.493 e. The first kappa shape index (κ1) is 25.1. The van der Waals surface area contributed by atoms with Crippen molar-refractivity contribution in [1.29, 1.82) is 0 Å². The quantitative estimate of drug-likeness (QED) is 0.315. The number of thiazole rings is 1. The Labute approximate surface area is 214 Å². The van der Waals surface area contributed by atoms with E-state index in [1.165, 1.54) is 30.6 Å². The molecule has 0 amide bonds. The van der Waals surface area contributed by atoms with E-state index in [1.54, 1.807) is 22.2 Å². The highest BCUT2D eigenvalue weighted by atomic mass is 32.2. The molecule has 37 heavy (non-hydrogen) atoms. The van der Waals surface area contributed by atoms with Crippen molar-refractivity contribution < 1.29 is 31.1 Å². The molecule has 0 radical (unpaired) electrons. The number of ether oxygens (including phenoxy) is 2. The van der Waals surface area contributed by atoms with E-state index in [4.69, 9.17) is 9.47 Å². The van der Waals surface area contributed by atoms with E-state index in [0.717, 1.165) is 23.5 Å². The molecule has 1 atom stereocenters. The maximum absolute atomic E-state index is 13.5. The first-order valence-corrected chi connectivity index (χ1v) is 13.6. The van der Waals surface area contributed by atoms with E-state index in [1.807, 2.05) is 6.92 Å². The van der Waals surface area contributed by atoms with Crippen LogP contribution >= 0.6 is 11.3 Å². The topological polar surface area (TPSA) is 95.3 Å². The largest absolute Gasteiger partial charge is 0.493 e. The number of anilines is 1. The van der Waals surface area contributed by atoms with Crippen LogP contribution in [0.5, 0.6) is 11.5 Å². The second-order valence-electron chi connectivity index (χ2n) is 8.13. The zero-order chi connectivity index (χ0) is 26.2.